The molecule has 40 heavy (non-hydrogen) atoms. The molecule has 0 bridgehead atoms. The van der Waals surface area contributed by atoms with Gasteiger partial charge in [-0.2, -0.15) is 4.31 Å². The first-order chi connectivity index (χ1) is 19.2. The molecule has 1 aliphatic heterocycles. The lowest BCUT2D eigenvalue weighted by Gasteiger charge is -2.34. The van der Waals surface area contributed by atoms with Crippen LogP contribution in [0.4, 0.5) is 0 Å². The fourth-order valence-corrected chi connectivity index (χ4v) is 6.79. The summed E-state index contributed by atoms with van der Waals surface area (Å²) in [6.45, 7) is 7.64. The van der Waals surface area contributed by atoms with Gasteiger partial charge in [-0.3, -0.25) is 18.8 Å². The number of sulfonamides is 1. The van der Waals surface area contributed by atoms with Gasteiger partial charge in [-0.25, -0.2) is 13.2 Å². The van der Waals surface area contributed by atoms with Gasteiger partial charge in [0.05, 0.1) is 10.4 Å². The van der Waals surface area contributed by atoms with E-state index in [1.165, 1.54) is 8.87 Å². The van der Waals surface area contributed by atoms with Gasteiger partial charge >= 0.3 is 5.69 Å². The Bertz CT molecular complexity index is 1720. The summed E-state index contributed by atoms with van der Waals surface area (Å²) in [6, 6.07) is 16.2. The largest absolute Gasteiger partial charge is 0.349 e. The molecule has 0 radical (unpaired) electrons. The highest BCUT2D eigenvalue weighted by molar-refractivity contribution is 7.89. The molecule has 0 aliphatic carbocycles. The predicted octanol–water partition coefficient (Wildman–Crippen LogP) is 4.14. The van der Waals surface area contributed by atoms with E-state index < -0.39 is 10.0 Å². The Morgan fingerprint density at radius 2 is 1.48 bits per heavy atom. The Kier molecular flexibility index (Phi) is 8.32. The molecule has 1 fully saturated rings. The summed E-state index contributed by atoms with van der Waals surface area (Å²) in [7, 11) is -3.65. The maximum atomic E-state index is 13.4. The van der Waals surface area contributed by atoms with E-state index in [-0.39, 0.29) is 16.1 Å². The molecule has 0 atom stereocenters. The van der Waals surface area contributed by atoms with Crippen molar-refractivity contribution >= 4 is 32.7 Å². The number of aryl methyl sites for hydroxylation is 1. The van der Waals surface area contributed by atoms with Gasteiger partial charge in [0, 0.05) is 56.5 Å². The number of aromatic nitrogens is 3. The number of fused-ring (bicyclic) bond motifs is 1. The third kappa shape index (κ3) is 5.54. The number of nitrogens with zero attached hydrogens (tertiary/aromatic N) is 4. The molecule has 0 spiro atoms. The Hall–Kier alpha value is -3.18. The van der Waals surface area contributed by atoms with E-state index in [2.05, 4.69) is 9.88 Å². The first-order valence-corrected chi connectivity index (χ1v) is 15.5. The third-order valence-electron chi connectivity index (χ3n) is 7.36. The quantitative estimate of drug-likeness (QED) is 0.319. The number of nitrogens with one attached hydrogen (secondary N) is 1. The van der Waals surface area contributed by atoms with Crippen LogP contribution in [0.5, 0.6) is 0 Å². The average molecular weight is 584 g/mol. The minimum Gasteiger partial charge on any atom is -0.349 e. The molecule has 0 saturated carbocycles. The average Bonchev–Trinajstić information content (AvgIpc) is 3.41. The first kappa shape index (κ1) is 28.4. The van der Waals surface area contributed by atoms with Gasteiger partial charge in [0.25, 0.3) is 5.56 Å². The highest BCUT2D eigenvalue weighted by atomic mass is 35.5. The number of rotatable bonds is 9. The molecular formula is C29H34ClN5O4S. The van der Waals surface area contributed by atoms with Crippen molar-refractivity contribution in [1.82, 2.24) is 23.3 Å². The lowest BCUT2D eigenvalue weighted by atomic mass is 10.1. The Morgan fingerprint density at radius 1 is 0.850 bits per heavy atom. The van der Waals surface area contributed by atoms with Crippen molar-refractivity contribution in [3.63, 3.8) is 0 Å². The second-order valence-corrected chi connectivity index (χ2v) is 12.5. The van der Waals surface area contributed by atoms with Crippen LogP contribution in [-0.2, 0) is 29.7 Å². The molecule has 11 heteroatoms. The van der Waals surface area contributed by atoms with Crippen molar-refractivity contribution < 1.29 is 8.42 Å². The lowest BCUT2D eigenvalue weighted by molar-refractivity contribution is 0.181. The van der Waals surface area contributed by atoms with Crippen LogP contribution in [0.25, 0.3) is 22.3 Å². The standard InChI is InChI=1S/C29H34ClN5O4S/c1-3-13-34-26-19-25(31-27(26)28(36)35(14-4-2)29(34)37)22-7-11-24(12-8-22)40(38,39)33-17-15-32(16-18-33)20-21-5-9-23(30)10-6-21/h5-12,19,31H,3-4,13-18,20H2,1-2H3. The summed E-state index contributed by atoms with van der Waals surface area (Å²) in [4.78, 5) is 31.7. The van der Waals surface area contributed by atoms with Crippen LogP contribution in [0.1, 0.15) is 32.3 Å². The van der Waals surface area contributed by atoms with Crippen LogP contribution in [0.2, 0.25) is 5.02 Å². The Morgan fingerprint density at radius 3 is 2.10 bits per heavy atom. The van der Waals surface area contributed by atoms with Crippen LogP contribution < -0.4 is 11.2 Å². The fraction of sp³-hybridized carbons (Fsp3) is 0.379. The molecule has 0 unspecified atom stereocenters. The molecule has 0 amide bonds. The normalized spacial score (nSPS) is 15.2. The number of hydrogen-bond donors (Lipinski definition) is 1. The lowest BCUT2D eigenvalue weighted by Crippen LogP contribution is -2.48. The summed E-state index contributed by atoms with van der Waals surface area (Å²) in [5.74, 6) is 0. The molecule has 3 heterocycles. The number of aromatic amines is 1. The van der Waals surface area contributed by atoms with Crippen LogP contribution in [-0.4, -0.2) is 57.9 Å². The van der Waals surface area contributed by atoms with Crippen molar-refractivity contribution in [3.05, 3.63) is 86.0 Å². The van der Waals surface area contributed by atoms with E-state index in [0.29, 0.717) is 67.4 Å². The molecule has 1 N–H and O–H groups in total. The molecule has 9 nitrogen and oxygen atoms in total. The minimum atomic E-state index is -3.65. The zero-order chi connectivity index (χ0) is 28.4. The zero-order valence-electron chi connectivity index (χ0n) is 22.8. The van der Waals surface area contributed by atoms with Crippen molar-refractivity contribution in [2.24, 2.45) is 0 Å². The van der Waals surface area contributed by atoms with E-state index in [1.807, 2.05) is 38.1 Å². The summed E-state index contributed by atoms with van der Waals surface area (Å²) >= 11 is 5.98. The van der Waals surface area contributed by atoms with E-state index in [9.17, 15) is 18.0 Å². The van der Waals surface area contributed by atoms with Crippen LogP contribution in [0.3, 0.4) is 0 Å². The Balaban J connectivity index is 1.34. The molecule has 212 valence electrons. The first-order valence-electron chi connectivity index (χ1n) is 13.7. The molecule has 2 aromatic carbocycles. The fourth-order valence-electron chi connectivity index (χ4n) is 5.24. The van der Waals surface area contributed by atoms with Gasteiger partial charge in [-0.15, -0.1) is 0 Å². The smallest absolute Gasteiger partial charge is 0.331 e. The number of halogens is 1. The number of benzene rings is 2. The second-order valence-electron chi connectivity index (χ2n) is 10.2. The maximum Gasteiger partial charge on any atom is 0.331 e. The molecule has 4 aromatic rings. The zero-order valence-corrected chi connectivity index (χ0v) is 24.3. The molecular weight excluding hydrogens is 550 g/mol. The molecule has 2 aromatic heterocycles. The predicted molar refractivity (Wildman–Crippen MR) is 158 cm³/mol. The number of H-pyrrole nitrogens is 1. The van der Waals surface area contributed by atoms with Crippen LogP contribution in [0, 0.1) is 0 Å². The highest BCUT2D eigenvalue weighted by Crippen LogP contribution is 2.26. The van der Waals surface area contributed by atoms with Crippen molar-refractivity contribution in [3.8, 4) is 11.3 Å². The van der Waals surface area contributed by atoms with E-state index in [0.717, 1.165) is 24.1 Å². The topological polar surface area (TPSA) is 100 Å². The van der Waals surface area contributed by atoms with Gasteiger partial charge < -0.3 is 4.98 Å². The van der Waals surface area contributed by atoms with Crippen LogP contribution in [0.15, 0.2) is 69.1 Å². The SMILES string of the molecule is CCCn1c(=O)c2[nH]c(-c3ccc(S(=O)(=O)N4CCN(Cc5ccc(Cl)cc5)CC4)cc3)cc2n(CCC)c1=O. The molecule has 5 rings (SSSR count). The minimum absolute atomic E-state index is 0.228. The van der Waals surface area contributed by atoms with Gasteiger partial charge in [-0.05, 0) is 54.3 Å². The maximum absolute atomic E-state index is 13.4. The van der Waals surface area contributed by atoms with E-state index in [4.69, 9.17) is 11.6 Å². The Labute approximate surface area is 238 Å². The van der Waals surface area contributed by atoms with Gasteiger partial charge in [0.2, 0.25) is 10.0 Å². The van der Waals surface area contributed by atoms with Crippen molar-refractivity contribution in [2.45, 2.75) is 51.2 Å². The van der Waals surface area contributed by atoms with E-state index >= 15 is 0 Å². The monoisotopic (exact) mass is 583 g/mol. The highest BCUT2D eigenvalue weighted by Gasteiger charge is 2.28. The van der Waals surface area contributed by atoms with Crippen LogP contribution >= 0.6 is 11.6 Å². The van der Waals surface area contributed by atoms with Crippen molar-refractivity contribution in [1.29, 1.82) is 0 Å². The molecule has 1 saturated heterocycles. The summed E-state index contributed by atoms with van der Waals surface area (Å²) in [5, 5.41) is 0.697. The third-order valence-corrected chi connectivity index (χ3v) is 9.52. The summed E-state index contributed by atoms with van der Waals surface area (Å²) in [6.07, 6.45) is 1.43. The van der Waals surface area contributed by atoms with Gasteiger partial charge in [0.15, 0.2) is 0 Å². The molecule has 1 aliphatic rings. The van der Waals surface area contributed by atoms with Crippen molar-refractivity contribution in [2.75, 3.05) is 26.2 Å². The summed E-state index contributed by atoms with van der Waals surface area (Å²) in [5.41, 5.74) is 2.84. The summed E-state index contributed by atoms with van der Waals surface area (Å²) < 4.78 is 31.2. The van der Waals surface area contributed by atoms with Gasteiger partial charge in [-0.1, -0.05) is 49.7 Å². The van der Waals surface area contributed by atoms with E-state index in [1.54, 1.807) is 34.9 Å². The van der Waals surface area contributed by atoms with Gasteiger partial charge in [0.1, 0.15) is 5.52 Å². The number of hydrogen-bond acceptors (Lipinski definition) is 5. The number of piperazine rings is 1. The second kappa shape index (κ2) is 11.7.